The van der Waals surface area contributed by atoms with E-state index in [0.29, 0.717) is 21.3 Å². The average Bonchev–Trinajstić information content (AvgIpc) is 2.55. The number of ether oxygens (including phenoxy) is 1. The Morgan fingerprint density at radius 2 is 2.04 bits per heavy atom. The van der Waals surface area contributed by atoms with Crippen LogP contribution < -0.4 is 4.74 Å². The molecule has 0 fully saturated rings. The molecule has 8 heteroatoms. The van der Waals surface area contributed by atoms with Crippen LogP contribution >= 0.6 is 23.2 Å². The predicted octanol–water partition coefficient (Wildman–Crippen LogP) is 3.55. The molecule has 2 aromatic rings. The number of nitrogens with zero attached hydrogens (tertiary/aromatic N) is 2. The number of hydrogen-bond donors (Lipinski definition) is 1. The number of phenolic OH excluding ortho intramolecular Hbond substituents is 1. The lowest BCUT2D eigenvalue weighted by molar-refractivity contribution is -0.175. The highest BCUT2D eigenvalue weighted by Crippen LogP contribution is 2.34. The van der Waals surface area contributed by atoms with E-state index in [1.54, 1.807) is 19.1 Å². The zero-order valence-electron chi connectivity index (χ0n) is 13.3. The van der Waals surface area contributed by atoms with E-state index in [9.17, 15) is 9.90 Å². The van der Waals surface area contributed by atoms with Gasteiger partial charge in [-0.1, -0.05) is 23.2 Å². The lowest BCUT2D eigenvalue weighted by Gasteiger charge is -2.20. The van der Waals surface area contributed by atoms with Crippen molar-refractivity contribution < 1.29 is 19.5 Å². The first-order valence-electron chi connectivity index (χ1n) is 6.96. The third-order valence-electron chi connectivity index (χ3n) is 3.28. The lowest BCUT2D eigenvalue weighted by atomic mass is 10.1. The van der Waals surface area contributed by atoms with E-state index in [0.717, 1.165) is 5.06 Å². The highest BCUT2D eigenvalue weighted by molar-refractivity contribution is 6.36. The van der Waals surface area contributed by atoms with Crippen molar-refractivity contribution in [2.45, 2.75) is 13.0 Å². The van der Waals surface area contributed by atoms with Gasteiger partial charge in [0.25, 0.3) is 5.91 Å². The Kier molecular flexibility index (Phi) is 5.88. The number of carbonyl (C=O) groups is 1. The number of hydrogen-bond acceptors (Lipinski definition) is 5. The molecular formula is C16H16Cl2N2O4. The minimum Gasteiger partial charge on any atom is -0.504 e. The Morgan fingerprint density at radius 1 is 1.33 bits per heavy atom. The molecule has 0 saturated heterocycles. The first kappa shape index (κ1) is 18.3. The highest BCUT2D eigenvalue weighted by atomic mass is 35.5. The van der Waals surface area contributed by atoms with Crippen molar-refractivity contribution >= 4 is 29.1 Å². The van der Waals surface area contributed by atoms with Crippen LogP contribution in [0.4, 0.5) is 0 Å². The summed E-state index contributed by atoms with van der Waals surface area (Å²) in [6.45, 7) is 1.56. The maximum Gasteiger partial charge on any atom is 0.286 e. The van der Waals surface area contributed by atoms with Crippen LogP contribution in [0.15, 0.2) is 30.5 Å². The quantitative estimate of drug-likeness (QED) is 0.814. The molecule has 128 valence electrons. The summed E-state index contributed by atoms with van der Waals surface area (Å²) < 4.78 is 5.47. The normalized spacial score (nSPS) is 11.9. The van der Waals surface area contributed by atoms with Crippen LogP contribution in [0.2, 0.25) is 10.0 Å². The van der Waals surface area contributed by atoms with E-state index in [2.05, 4.69) is 4.98 Å². The predicted molar refractivity (Wildman–Crippen MR) is 91.2 cm³/mol. The highest BCUT2D eigenvalue weighted by Gasteiger charge is 2.21. The monoisotopic (exact) mass is 370 g/mol. The van der Waals surface area contributed by atoms with Gasteiger partial charge in [-0.25, -0.2) is 5.06 Å². The van der Waals surface area contributed by atoms with Crippen molar-refractivity contribution in [2.24, 2.45) is 0 Å². The minimum absolute atomic E-state index is 0.139. The summed E-state index contributed by atoms with van der Waals surface area (Å²) in [4.78, 5) is 20.9. The van der Waals surface area contributed by atoms with Gasteiger partial charge in [0.05, 0.1) is 22.8 Å². The molecule has 24 heavy (non-hydrogen) atoms. The van der Waals surface area contributed by atoms with E-state index in [1.165, 1.54) is 32.5 Å². The summed E-state index contributed by atoms with van der Waals surface area (Å²) in [5.41, 5.74) is 1.07. The fourth-order valence-corrected chi connectivity index (χ4v) is 2.47. The molecule has 1 unspecified atom stereocenters. The second-order valence-electron chi connectivity index (χ2n) is 4.94. The van der Waals surface area contributed by atoms with Gasteiger partial charge >= 0.3 is 0 Å². The fraction of sp³-hybridized carbons (Fsp3) is 0.250. The van der Waals surface area contributed by atoms with Gasteiger partial charge < -0.3 is 9.84 Å². The number of benzene rings is 1. The summed E-state index contributed by atoms with van der Waals surface area (Å²) in [7, 11) is 2.85. The molecule has 1 N–H and O–H groups in total. The number of aromatic nitrogens is 1. The van der Waals surface area contributed by atoms with Crippen LogP contribution in [-0.4, -0.2) is 41.3 Å². The lowest BCUT2D eigenvalue weighted by Crippen LogP contribution is -2.37. The average molecular weight is 371 g/mol. The third-order valence-corrected chi connectivity index (χ3v) is 3.77. The molecule has 0 bridgehead atoms. The van der Waals surface area contributed by atoms with Crippen LogP contribution in [0.1, 0.15) is 6.92 Å². The number of likely N-dealkylation sites (N-methyl/N-ethyl adjacent to an activating group) is 1. The Morgan fingerprint density at radius 3 is 2.62 bits per heavy atom. The molecule has 0 aliphatic rings. The van der Waals surface area contributed by atoms with Gasteiger partial charge in [-0.05, 0) is 31.2 Å². The summed E-state index contributed by atoms with van der Waals surface area (Å²) in [5.74, 6) is -0.363. The van der Waals surface area contributed by atoms with Gasteiger partial charge in [0.15, 0.2) is 17.6 Å². The van der Waals surface area contributed by atoms with Gasteiger partial charge in [0, 0.05) is 18.8 Å². The van der Waals surface area contributed by atoms with Gasteiger partial charge in [-0.2, -0.15) is 0 Å². The summed E-state index contributed by atoms with van der Waals surface area (Å²) in [6.07, 6.45) is 0.634. The van der Waals surface area contributed by atoms with Crippen molar-refractivity contribution in [3.05, 3.63) is 40.5 Å². The van der Waals surface area contributed by atoms with Crippen LogP contribution in [0.25, 0.3) is 11.3 Å². The molecule has 0 saturated carbocycles. The Balaban J connectivity index is 2.22. The number of aromatic hydroxyl groups is 1. The molecule has 0 aliphatic carbocycles. The molecule has 2 rings (SSSR count). The second kappa shape index (κ2) is 7.70. The van der Waals surface area contributed by atoms with Crippen LogP contribution in [0.3, 0.4) is 0 Å². The zero-order chi connectivity index (χ0) is 17.9. The number of rotatable bonds is 5. The van der Waals surface area contributed by atoms with Crippen molar-refractivity contribution in [3.8, 4) is 22.8 Å². The molecular weight excluding hydrogens is 355 g/mol. The standard InChI is InChI=1S/C16H16Cl2N2O4/c1-9(16(22)20(2)23-3)24-14-5-4-10(6-13(14)21)15-12(18)7-11(17)8-19-15/h4-9,21H,1-3H3. The topological polar surface area (TPSA) is 71.9 Å². The Labute approximate surface area is 149 Å². The Bertz CT molecular complexity index is 755. The Hall–Kier alpha value is -2.02. The molecule has 1 amide bonds. The van der Waals surface area contributed by atoms with Gasteiger partial charge in [-0.15, -0.1) is 0 Å². The molecule has 0 aliphatic heterocycles. The van der Waals surface area contributed by atoms with Crippen molar-refractivity contribution in [1.29, 1.82) is 0 Å². The molecule has 0 spiro atoms. The third kappa shape index (κ3) is 4.08. The van der Waals surface area contributed by atoms with Crippen molar-refractivity contribution in [1.82, 2.24) is 10.0 Å². The zero-order valence-corrected chi connectivity index (χ0v) is 14.8. The minimum atomic E-state index is -0.830. The van der Waals surface area contributed by atoms with E-state index in [-0.39, 0.29) is 17.4 Å². The largest absolute Gasteiger partial charge is 0.504 e. The fourth-order valence-electron chi connectivity index (χ4n) is 1.98. The van der Waals surface area contributed by atoms with E-state index >= 15 is 0 Å². The molecule has 1 aromatic heterocycles. The maximum atomic E-state index is 11.9. The number of hydroxylamine groups is 2. The molecule has 1 heterocycles. The van der Waals surface area contributed by atoms with Gasteiger partial charge in [0.2, 0.25) is 0 Å². The summed E-state index contributed by atoms with van der Waals surface area (Å²) in [6, 6.07) is 6.23. The SMILES string of the molecule is CON(C)C(=O)C(C)Oc1ccc(-c2ncc(Cl)cc2Cl)cc1O. The number of halogens is 2. The van der Waals surface area contributed by atoms with Crippen LogP contribution in [-0.2, 0) is 9.63 Å². The van der Waals surface area contributed by atoms with E-state index in [4.69, 9.17) is 32.8 Å². The summed E-state index contributed by atoms with van der Waals surface area (Å²) >= 11 is 11.9. The number of pyridine rings is 1. The van der Waals surface area contributed by atoms with Crippen molar-refractivity contribution in [2.75, 3.05) is 14.2 Å². The van der Waals surface area contributed by atoms with E-state index < -0.39 is 6.10 Å². The van der Waals surface area contributed by atoms with Gasteiger partial charge in [-0.3, -0.25) is 14.6 Å². The van der Waals surface area contributed by atoms with E-state index in [1.807, 2.05) is 0 Å². The molecule has 6 nitrogen and oxygen atoms in total. The molecule has 0 radical (unpaired) electrons. The first-order valence-corrected chi connectivity index (χ1v) is 7.71. The molecule has 1 aromatic carbocycles. The van der Waals surface area contributed by atoms with Crippen LogP contribution in [0.5, 0.6) is 11.5 Å². The number of phenols is 1. The maximum absolute atomic E-state index is 11.9. The number of carbonyl (C=O) groups excluding carboxylic acids is 1. The first-order chi connectivity index (χ1) is 11.3. The van der Waals surface area contributed by atoms with Gasteiger partial charge in [0.1, 0.15) is 0 Å². The van der Waals surface area contributed by atoms with Crippen molar-refractivity contribution in [3.63, 3.8) is 0 Å². The van der Waals surface area contributed by atoms with Crippen LogP contribution in [0, 0.1) is 0 Å². The number of amides is 1. The second-order valence-corrected chi connectivity index (χ2v) is 5.79. The smallest absolute Gasteiger partial charge is 0.286 e. The summed E-state index contributed by atoms with van der Waals surface area (Å²) in [5, 5.41) is 12.0. The molecule has 1 atom stereocenters.